The van der Waals surface area contributed by atoms with Crippen LogP contribution in [0.3, 0.4) is 0 Å². The van der Waals surface area contributed by atoms with Crippen molar-refractivity contribution in [3.63, 3.8) is 0 Å². The summed E-state index contributed by atoms with van der Waals surface area (Å²) in [6, 6.07) is 0. The van der Waals surface area contributed by atoms with E-state index >= 15 is 0 Å². The largest absolute Gasteiger partial charge is 0.381 e. The van der Waals surface area contributed by atoms with Gasteiger partial charge in [-0.3, -0.25) is 0 Å². The van der Waals surface area contributed by atoms with Crippen molar-refractivity contribution in [3.05, 3.63) is 0 Å². The van der Waals surface area contributed by atoms with E-state index in [0.717, 1.165) is 6.29 Å². The topological polar surface area (TPSA) is 52.3 Å². The predicted molar refractivity (Wildman–Crippen MR) is 33.0 cm³/mol. The summed E-state index contributed by atoms with van der Waals surface area (Å²) < 4.78 is 5.03. The third-order valence-corrected chi connectivity index (χ3v) is 1.66. The van der Waals surface area contributed by atoms with Gasteiger partial charge in [-0.1, -0.05) is 0 Å². The summed E-state index contributed by atoms with van der Waals surface area (Å²) in [6.07, 6.45) is 2.16. The van der Waals surface area contributed by atoms with Gasteiger partial charge >= 0.3 is 0 Å². The zero-order valence-corrected chi connectivity index (χ0v) is 5.30. The van der Waals surface area contributed by atoms with Gasteiger partial charge in [-0.25, -0.2) is 0 Å². The van der Waals surface area contributed by atoms with Crippen molar-refractivity contribution in [2.24, 2.45) is 5.73 Å². The molecule has 1 rings (SSSR count). The van der Waals surface area contributed by atoms with Crippen molar-refractivity contribution in [3.8, 4) is 0 Å². The Bertz CT molecular complexity index is 108. The second kappa shape index (κ2) is 2.45. The molecule has 1 saturated heterocycles. The van der Waals surface area contributed by atoms with Gasteiger partial charge in [0.15, 0.2) is 0 Å². The molecule has 1 fully saturated rings. The molecule has 52 valence electrons. The highest BCUT2D eigenvalue weighted by atomic mass is 16.5. The second-order valence-corrected chi connectivity index (χ2v) is 2.46. The molecule has 3 nitrogen and oxygen atoms in total. The fourth-order valence-corrected chi connectivity index (χ4v) is 0.869. The van der Waals surface area contributed by atoms with Crippen LogP contribution in [0, 0.1) is 0 Å². The minimum Gasteiger partial charge on any atom is -0.381 e. The fraction of sp³-hybridized carbons (Fsp3) is 0.833. The molecular weight excluding hydrogens is 118 g/mol. The first-order valence-electron chi connectivity index (χ1n) is 3.10. The van der Waals surface area contributed by atoms with Crippen molar-refractivity contribution in [2.75, 3.05) is 13.2 Å². The molecule has 3 heteroatoms. The zero-order chi connectivity index (χ0) is 6.74. The van der Waals surface area contributed by atoms with Crippen LogP contribution in [0.1, 0.15) is 12.8 Å². The van der Waals surface area contributed by atoms with Crippen LogP contribution in [0.15, 0.2) is 0 Å². The van der Waals surface area contributed by atoms with Crippen molar-refractivity contribution < 1.29 is 9.53 Å². The molecule has 0 spiro atoms. The molecule has 0 bridgehead atoms. The smallest absolute Gasteiger partial charge is 0.139 e. The van der Waals surface area contributed by atoms with E-state index < -0.39 is 5.54 Å². The van der Waals surface area contributed by atoms with Crippen LogP contribution in [0.25, 0.3) is 0 Å². The minimum absolute atomic E-state index is 0.585. The van der Waals surface area contributed by atoms with E-state index in [9.17, 15) is 4.79 Å². The Morgan fingerprint density at radius 2 is 2.00 bits per heavy atom. The number of aldehydes is 1. The average molecular weight is 129 g/mol. The van der Waals surface area contributed by atoms with Crippen molar-refractivity contribution in [2.45, 2.75) is 18.4 Å². The summed E-state index contributed by atoms with van der Waals surface area (Å²) in [5, 5.41) is 0. The first kappa shape index (κ1) is 6.71. The van der Waals surface area contributed by atoms with Crippen LogP contribution in [-0.2, 0) is 9.53 Å². The predicted octanol–water partition coefficient (Wildman–Crippen LogP) is -0.307. The Morgan fingerprint density at radius 1 is 1.44 bits per heavy atom. The van der Waals surface area contributed by atoms with Crippen molar-refractivity contribution in [1.29, 1.82) is 0 Å². The molecular formula is C6H11NO2. The Kier molecular flexibility index (Phi) is 1.83. The van der Waals surface area contributed by atoms with Crippen LogP contribution in [-0.4, -0.2) is 25.0 Å². The van der Waals surface area contributed by atoms with E-state index in [0.29, 0.717) is 26.1 Å². The molecule has 9 heavy (non-hydrogen) atoms. The number of hydrogen-bond donors (Lipinski definition) is 1. The molecule has 1 heterocycles. The lowest BCUT2D eigenvalue weighted by Crippen LogP contribution is -2.46. The molecule has 2 N–H and O–H groups in total. The summed E-state index contributed by atoms with van der Waals surface area (Å²) in [6.45, 7) is 1.24. The van der Waals surface area contributed by atoms with Gasteiger partial charge in [-0.15, -0.1) is 0 Å². The van der Waals surface area contributed by atoms with Gasteiger partial charge in [0.1, 0.15) is 6.29 Å². The number of hydrogen-bond acceptors (Lipinski definition) is 3. The van der Waals surface area contributed by atoms with E-state index in [-0.39, 0.29) is 0 Å². The second-order valence-electron chi connectivity index (χ2n) is 2.46. The van der Waals surface area contributed by atoms with E-state index in [1.54, 1.807) is 0 Å². The Hall–Kier alpha value is -0.410. The molecule has 0 radical (unpaired) electrons. The lowest BCUT2D eigenvalue weighted by atomic mass is 9.94. The quantitative estimate of drug-likeness (QED) is 0.494. The molecule has 1 aliphatic heterocycles. The van der Waals surface area contributed by atoms with Crippen LogP contribution in [0.5, 0.6) is 0 Å². The molecule has 0 aliphatic carbocycles. The fourth-order valence-electron chi connectivity index (χ4n) is 0.869. The summed E-state index contributed by atoms with van der Waals surface area (Å²) in [4.78, 5) is 10.3. The van der Waals surface area contributed by atoms with E-state index in [2.05, 4.69) is 0 Å². The summed E-state index contributed by atoms with van der Waals surface area (Å²) in [5.74, 6) is 0. The number of carbonyl (C=O) groups is 1. The number of carbonyl (C=O) groups excluding carboxylic acids is 1. The van der Waals surface area contributed by atoms with Gasteiger partial charge < -0.3 is 15.3 Å². The molecule has 0 unspecified atom stereocenters. The molecule has 0 aromatic heterocycles. The molecule has 0 aromatic carbocycles. The SMILES string of the molecule is NC1(C=O)CCOCC1. The molecule has 0 atom stereocenters. The van der Waals surface area contributed by atoms with Crippen molar-refractivity contribution in [1.82, 2.24) is 0 Å². The number of ether oxygens (including phenoxy) is 1. The van der Waals surface area contributed by atoms with Crippen LogP contribution in [0.2, 0.25) is 0 Å². The number of rotatable bonds is 1. The lowest BCUT2D eigenvalue weighted by molar-refractivity contribution is -0.115. The Labute approximate surface area is 54.2 Å². The average Bonchev–Trinajstić information content (AvgIpc) is 1.90. The van der Waals surface area contributed by atoms with Gasteiger partial charge in [0.2, 0.25) is 0 Å². The highest BCUT2D eigenvalue weighted by Crippen LogP contribution is 2.13. The standard InChI is InChI=1S/C6H11NO2/c7-6(5-8)1-3-9-4-2-6/h5H,1-4,7H2. The first-order valence-corrected chi connectivity index (χ1v) is 3.10. The maximum absolute atomic E-state index is 10.3. The highest BCUT2D eigenvalue weighted by molar-refractivity contribution is 5.63. The highest BCUT2D eigenvalue weighted by Gasteiger charge is 2.26. The van der Waals surface area contributed by atoms with Crippen molar-refractivity contribution >= 4 is 6.29 Å². The maximum Gasteiger partial charge on any atom is 0.139 e. The Morgan fingerprint density at radius 3 is 2.33 bits per heavy atom. The molecule has 0 aromatic rings. The van der Waals surface area contributed by atoms with Crippen LogP contribution in [0.4, 0.5) is 0 Å². The van der Waals surface area contributed by atoms with Gasteiger partial charge in [-0.05, 0) is 12.8 Å². The van der Waals surface area contributed by atoms with Gasteiger partial charge in [-0.2, -0.15) is 0 Å². The lowest BCUT2D eigenvalue weighted by Gasteiger charge is -2.27. The van der Waals surface area contributed by atoms with Gasteiger partial charge in [0, 0.05) is 13.2 Å². The zero-order valence-electron chi connectivity index (χ0n) is 5.30. The van der Waals surface area contributed by atoms with Gasteiger partial charge in [0.05, 0.1) is 5.54 Å². The summed E-state index contributed by atoms with van der Waals surface area (Å²) >= 11 is 0. The number of nitrogens with two attached hydrogens (primary N) is 1. The minimum atomic E-state index is -0.585. The molecule has 1 aliphatic rings. The van der Waals surface area contributed by atoms with Crippen LogP contribution >= 0.6 is 0 Å². The van der Waals surface area contributed by atoms with Gasteiger partial charge in [0.25, 0.3) is 0 Å². The van der Waals surface area contributed by atoms with E-state index in [4.69, 9.17) is 10.5 Å². The Balaban J connectivity index is 2.46. The molecule has 0 saturated carbocycles. The summed E-state index contributed by atoms with van der Waals surface area (Å²) in [5.41, 5.74) is 5.03. The summed E-state index contributed by atoms with van der Waals surface area (Å²) in [7, 11) is 0. The maximum atomic E-state index is 10.3. The third-order valence-electron chi connectivity index (χ3n) is 1.66. The monoisotopic (exact) mass is 129 g/mol. The normalized spacial score (nSPS) is 25.4. The van der Waals surface area contributed by atoms with E-state index in [1.165, 1.54) is 0 Å². The van der Waals surface area contributed by atoms with E-state index in [1.807, 2.05) is 0 Å². The molecule has 0 amide bonds. The van der Waals surface area contributed by atoms with Crippen LogP contribution < -0.4 is 5.73 Å². The third kappa shape index (κ3) is 1.50. The first-order chi connectivity index (χ1) is 4.27.